The lowest BCUT2D eigenvalue weighted by Gasteiger charge is -2.47. The number of ether oxygens (including phenoxy) is 4. The molecule has 16 heteroatoms. The van der Waals surface area contributed by atoms with E-state index in [0.29, 0.717) is 17.8 Å². The molecular weight excluding hydrogens is 739 g/mol. The van der Waals surface area contributed by atoms with Gasteiger partial charge in [-0.05, 0) is 73.2 Å². The molecule has 2 aromatic rings. The zero-order chi connectivity index (χ0) is 42.5. The number of pyridine rings is 1. The minimum Gasteiger partial charge on any atom is -0.457 e. The Labute approximate surface area is 335 Å². The van der Waals surface area contributed by atoms with E-state index in [1.807, 2.05) is 38.1 Å². The van der Waals surface area contributed by atoms with E-state index in [1.165, 1.54) is 21.0 Å². The monoisotopic (exact) mass is 800 g/mol. The maximum absolute atomic E-state index is 16.7. The highest BCUT2D eigenvalue weighted by Crippen LogP contribution is 2.39. The third-order valence-electron chi connectivity index (χ3n) is 11.6. The van der Waals surface area contributed by atoms with Crippen LogP contribution in [0.1, 0.15) is 74.7 Å². The van der Waals surface area contributed by atoms with Crippen LogP contribution in [0, 0.1) is 29.6 Å². The van der Waals surface area contributed by atoms with Crippen molar-refractivity contribution in [3.63, 3.8) is 0 Å². The molecule has 2 aliphatic heterocycles. The molecule has 0 amide bonds. The van der Waals surface area contributed by atoms with E-state index in [2.05, 4.69) is 32.5 Å². The number of ketones is 2. The first kappa shape index (κ1) is 46.0. The number of nitrogens with one attached hydrogen (secondary N) is 1. The zero-order valence-corrected chi connectivity index (χ0v) is 35.1. The van der Waals surface area contributed by atoms with Gasteiger partial charge >= 0.3 is 5.97 Å². The van der Waals surface area contributed by atoms with Gasteiger partial charge in [-0.15, -0.1) is 5.10 Å². The Morgan fingerprint density at radius 1 is 1.09 bits per heavy atom. The molecule has 0 bridgehead atoms. The highest BCUT2D eigenvalue weighted by atomic mass is 19.1. The number of methoxy groups -OCH3 is 1. The quantitative estimate of drug-likeness (QED) is 0.191. The third-order valence-corrected chi connectivity index (χ3v) is 11.6. The summed E-state index contributed by atoms with van der Waals surface area (Å²) in [6.07, 6.45) is -1.50. The number of hydrogen-bond acceptors (Lipinski definition) is 14. The molecule has 3 N–H and O–H groups in total. The van der Waals surface area contributed by atoms with Crippen LogP contribution in [0.2, 0.25) is 0 Å². The van der Waals surface area contributed by atoms with Crippen LogP contribution in [-0.4, -0.2) is 140 Å². The molecule has 0 radical (unpaired) electrons. The van der Waals surface area contributed by atoms with E-state index < -0.39 is 77.0 Å². The van der Waals surface area contributed by atoms with Gasteiger partial charge in [0.1, 0.15) is 35.8 Å². The number of aromatic nitrogens is 4. The number of halogens is 1. The Bertz CT molecular complexity index is 1750. The van der Waals surface area contributed by atoms with E-state index in [0.717, 1.165) is 6.92 Å². The van der Waals surface area contributed by atoms with Gasteiger partial charge in [0.2, 0.25) is 0 Å². The Morgan fingerprint density at radius 3 is 2.40 bits per heavy atom. The molecule has 316 valence electrons. The average Bonchev–Trinajstić information content (AvgIpc) is 3.65. The number of likely N-dealkylation sites (N-methyl/N-ethyl adjacent to an activating group) is 1. The largest absolute Gasteiger partial charge is 0.457 e. The molecular formula is C41H61FN6O9. The van der Waals surface area contributed by atoms with Crippen molar-refractivity contribution in [3.8, 4) is 23.2 Å². The summed E-state index contributed by atoms with van der Waals surface area (Å²) < 4.78 is 42.4. The van der Waals surface area contributed by atoms with Crippen LogP contribution in [0.15, 0.2) is 30.6 Å². The van der Waals surface area contributed by atoms with Gasteiger partial charge in [0, 0.05) is 43.1 Å². The topological polar surface area (TPSA) is 187 Å². The molecule has 2 saturated heterocycles. The molecule has 0 saturated carbocycles. The Kier molecular flexibility index (Phi) is 15.3. The number of aliphatic hydroxyl groups is 2. The Morgan fingerprint density at radius 2 is 1.79 bits per heavy atom. The van der Waals surface area contributed by atoms with Crippen LogP contribution in [-0.2, 0) is 39.9 Å². The second-order valence-corrected chi connectivity index (χ2v) is 16.4. The average molecular weight is 801 g/mol. The van der Waals surface area contributed by atoms with Gasteiger partial charge in [-0.2, -0.15) is 0 Å². The maximum Gasteiger partial charge on any atom is 0.351 e. The molecule has 13 atom stereocenters. The van der Waals surface area contributed by atoms with E-state index in [1.54, 1.807) is 50.8 Å². The summed E-state index contributed by atoms with van der Waals surface area (Å²) in [5.74, 6) is 0.0582. The van der Waals surface area contributed by atoms with Crippen LogP contribution >= 0.6 is 0 Å². The van der Waals surface area contributed by atoms with Gasteiger partial charge in [-0.3, -0.25) is 19.9 Å². The number of Topliss-reactive ketones (excluding diaryl/α,β-unsaturated/α-hetero) is 2. The van der Waals surface area contributed by atoms with E-state index >= 15 is 4.39 Å². The third kappa shape index (κ3) is 10.3. The Balaban J connectivity index is 1.67. The number of esters is 1. The van der Waals surface area contributed by atoms with Crippen molar-refractivity contribution in [3.05, 3.63) is 30.6 Å². The number of rotatable bonds is 9. The zero-order valence-electron chi connectivity index (χ0n) is 35.1. The highest BCUT2D eigenvalue weighted by Gasteiger charge is 2.56. The van der Waals surface area contributed by atoms with Gasteiger partial charge in [0.15, 0.2) is 12.1 Å². The van der Waals surface area contributed by atoms with Gasteiger partial charge in [-0.25, -0.2) is 13.9 Å². The SMILES string of the molecule is CC[C@H]1OC(=O)[C@@](C)(F)C(=O)[C@H](C)[C@@H](O[C@@H]2O[C@H](C)CC(N(C)C)C2O)[C@](C)(OC)C[C@@H](C)C(=O)[C@H](C)[C@@H](NCC#CCn2cc(-c3ccccn3)nn2)[C@]1(C)O. The fourth-order valence-corrected chi connectivity index (χ4v) is 8.21. The standard InChI is InChI=1S/C41H61FN6O9/c1-12-31-41(8,53)34(44-19-15-16-20-48-23-29(45-46-48)28-17-13-14-18-43-28)26(4)32(49)24(2)22-39(6,54-11)36(27(5)35(51)40(7,42)38(52)56-31)57-37-33(50)30(47(9)10)21-25(3)55-37/h13-14,17-18,23-27,30-31,33-34,36-37,44,50,53H,12,19-22H2,1-11H3/t24-,25-,26+,27+,30?,31-,33?,34-,36-,37+,39-,40+,41-/m1/s1. The summed E-state index contributed by atoms with van der Waals surface area (Å²) in [4.78, 5) is 48.4. The number of cyclic esters (lactones) is 1. The van der Waals surface area contributed by atoms with Crippen molar-refractivity contribution in [1.82, 2.24) is 30.2 Å². The summed E-state index contributed by atoms with van der Waals surface area (Å²) in [7, 11) is 5.03. The maximum atomic E-state index is 16.7. The summed E-state index contributed by atoms with van der Waals surface area (Å²) >= 11 is 0. The van der Waals surface area contributed by atoms with Crippen molar-refractivity contribution in [1.29, 1.82) is 0 Å². The summed E-state index contributed by atoms with van der Waals surface area (Å²) in [5.41, 5.74) is -5.33. The summed E-state index contributed by atoms with van der Waals surface area (Å²) in [6, 6.07) is 4.06. The fourth-order valence-electron chi connectivity index (χ4n) is 8.21. The van der Waals surface area contributed by atoms with Crippen LogP contribution in [0.5, 0.6) is 0 Å². The van der Waals surface area contributed by atoms with Crippen molar-refractivity contribution >= 4 is 17.5 Å². The van der Waals surface area contributed by atoms with Gasteiger partial charge < -0.3 is 34.1 Å². The predicted octanol–water partition coefficient (Wildman–Crippen LogP) is 2.77. The number of carbonyl (C=O) groups excluding carboxylic acids is 3. The summed E-state index contributed by atoms with van der Waals surface area (Å²) in [6.45, 7) is 12.3. The number of aliphatic hydroxyl groups excluding tert-OH is 1. The Hall–Kier alpha value is -3.69. The molecule has 57 heavy (non-hydrogen) atoms. The summed E-state index contributed by atoms with van der Waals surface area (Å²) in [5, 5.41) is 35.0. The molecule has 15 nitrogen and oxygen atoms in total. The fraction of sp³-hybridized carbons (Fsp3) is 0.707. The lowest BCUT2D eigenvalue weighted by atomic mass is 9.73. The predicted molar refractivity (Wildman–Crippen MR) is 208 cm³/mol. The van der Waals surface area contributed by atoms with Crippen LogP contribution in [0.4, 0.5) is 4.39 Å². The van der Waals surface area contributed by atoms with Crippen molar-refractivity contribution in [2.24, 2.45) is 17.8 Å². The number of hydrogen-bond donors (Lipinski definition) is 3. The number of alkyl halides is 1. The molecule has 2 aromatic heterocycles. The first-order valence-corrected chi connectivity index (χ1v) is 19.6. The molecule has 4 rings (SSSR count). The lowest BCUT2D eigenvalue weighted by Crippen LogP contribution is -2.63. The second-order valence-electron chi connectivity index (χ2n) is 16.4. The van der Waals surface area contributed by atoms with Gasteiger partial charge in [0.25, 0.3) is 5.67 Å². The molecule has 2 fully saturated rings. The molecule has 0 aliphatic carbocycles. The number of carbonyl (C=O) groups is 3. The first-order chi connectivity index (χ1) is 26.7. The normalized spacial score (nSPS) is 37.3. The first-order valence-electron chi connectivity index (χ1n) is 19.6. The van der Waals surface area contributed by atoms with Gasteiger partial charge in [0.05, 0.1) is 36.2 Å². The molecule has 0 spiro atoms. The van der Waals surface area contributed by atoms with E-state index in [-0.39, 0.29) is 43.9 Å². The highest BCUT2D eigenvalue weighted by molar-refractivity contribution is 6.07. The minimum absolute atomic E-state index is 0.0115. The molecule has 0 aromatic carbocycles. The van der Waals surface area contributed by atoms with Crippen molar-refractivity contribution in [2.75, 3.05) is 27.7 Å². The molecule has 2 aliphatic rings. The minimum atomic E-state index is -3.19. The van der Waals surface area contributed by atoms with Crippen LogP contribution in [0.25, 0.3) is 11.4 Å². The van der Waals surface area contributed by atoms with Crippen LogP contribution in [0.3, 0.4) is 0 Å². The van der Waals surface area contributed by atoms with E-state index in [9.17, 15) is 24.6 Å². The van der Waals surface area contributed by atoms with Gasteiger partial charge in [-0.1, -0.05) is 50.8 Å². The van der Waals surface area contributed by atoms with Crippen molar-refractivity contribution < 1.29 is 47.9 Å². The molecule has 4 heterocycles. The smallest absolute Gasteiger partial charge is 0.351 e. The molecule has 2 unspecified atom stereocenters. The number of nitrogens with zero attached hydrogens (tertiary/aromatic N) is 5. The lowest BCUT2D eigenvalue weighted by molar-refractivity contribution is -0.295. The second kappa shape index (κ2) is 18.9. The van der Waals surface area contributed by atoms with Crippen molar-refractivity contribution in [2.45, 2.75) is 141 Å². The van der Waals surface area contributed by atoms with Crippen LogP contribution < -0.4 is 5.32 Å². The van der Waals surface area contributed by atoms with E-state index in [4.69, 9.17) is 18.9 Å².